The van der Waals surface area contributed by atoms with Crippen molar-refractivity contribution in [1.82, 2.24) is 0 Å². The topological polar surface area (TPSA) is 0 Å². The van der Waals surface area contributed by atoms with Crippen LogP contribution in [0.4, 0.5) is 13.2 Å². The van der Waals surface area contributed by atoms with Crippen molar-refractivity contribution in [1.29, 1.82) is 0 Å². The van der Waals surface area contributed by atoms with Gasteiger partial charge in [-0.2, -0.15) is 0 Å². The SMILES string of the molecule is F[CH]CCC(F)F. The minimum Gasteiger partial charge on any atom is -0.244 e. The fraction of sp³-hybridized carbons (Fsp3) is 0.750. The molecule has 1 radical (unpaired) electrons. The van der Waals surface area contributed by atoms with Crippen LogP contribution in [0.5, 0.6) is 0 Å². The van der Waals surface area contributed by atoms with E-state index in [0.717, 1.165) is 0 Å². The van der Waals surface area contributed by atoms with Crippen molar-refractivity contribution in [2.75, 3.05) is 0 Å². The summed E-state index contributed by atoms with van der Waals surface area (Å²) in [6.45, 7) is 0.242. The van der Waals surface area contributed by atoms with Gasteiger partial charge in [-0.1, -0.05) is 0 Å². The Kier molecular flexibility index (Phi) is 3.84. The number of alkyl halides is 2. The van der Waals surface area contributed by atoms with E-state index < -0.39 is 6.43 Å². The highest BCUT2D eigenvalue weighted by Gasteiger charge is 1.99. The Labute approximate surface area is 40.3 Å². The van der Waals surface area contributed by atoms with Crippen LogP contribution in [0.15, 0.2) is 0 Å². The highest BCUT2D eigenvalue weighted by molar-refractivity contribution is 4.48. The van der Waals surface area contributed by atoms with Crippen molar-refractivity contribution in [3.05, 3.63) is 6.67 Å². The molecule has 0 heterocycles. The van der Waals surface area contributed by atoms with Crippen molar-refractivity contribution in [2.24, 2.45) is 0 Å². The molecule has 7 heavy (non-hydrogen) atoms. The second-order valence-corrected chi connectivity index (χ2v) is 1.12. The lowest BCUT2D eigenvalue weighted by molar-refractivity contribution is 0.135. The van der Waals surface area contributed by atoms with E-state index in [4.69, 9.17) is 0 Å². The summed E-state index contributed by atoms with van der Waals surface area (Å²) >= 11 is 0. The summed E-state index contributed by atoms with van der Waals surface area (Å²) in [5.41, 5.74) is 0. The Morgan fingerprint density at radius 1 is 1.43 bits per heavy atom. The average molecular weight is 111 g/mol. The zero-order chi connectivity index (χ0) is 5.70. The highest BCUT2D eigenvalue weighted by atomic mass is 19.3. The molecule has 0 aliphatic heterocycles. The van der Waals surface area contributed by atoms with Gasteiger partial charge in [-0.15, -0.1) is 0 Å². The van der Waals surface area contributed by atoms with Crippen LogP contribution in [-0.2, 0) is 0 Å². The second-order valence-electron chi connectivity index (χ2n) is 1.12. The van der Waals surface area contributed by atoms with E-state index in [0.29, 0.717) is 0 Å². The fourth-order valence-corrected chi connectivity index (χ4v) is 0.189. The standard InChI is InChI=1S/C4H6F3/c5-3-1-2-4(6)7/h3-4H,1-2H2. The van der Waals surface area contributed by atoms with E-state index in [9.17, 15) is 13.2 Å². The van der Waals surface area contributed by atoms with Crippen molar-refractivity contribution in [3.8, 4) is 0 Å². The van der Waals surface area contributed by atoms with Crippen LogP contribution in [0.3, 0.4) is 0 Å². The molecular formula is C4H6F3. The maximum Gasteiger partial charge on any atom is 0.238 e. The summed E-state index contributed by atoms with van der Waals surface area (Å²) in [5.74, 6) is 0. The fourth-order valence-electron chi connectivity index (χ4n) is 0.189. The third-order valence-electron chi connectivity index (χ3n) is 0.494. The van der Waals surface area contributed by atoms with E-state index in [1.807, 2.05) is 0 Å². The molecule has 43 valence electrons. The molecule has 0 aliphatic rings. The zero-order valence-corrected chi connectivity index (χ0v) is 3.70. The monoisotopic (exact) mass is 111 g/mol. The van der Waals surface area contributed by atoms with Crippen molar-refractivity contribution in [3.63, 3.8) is 0 Å². The summed E-state index contributed by atoms with van der Waals surface area (Å²) in [6, 6.07) is 0. The van der Waals surface area contributed by atoms with Gasteiger partial charge in [0.15, 0.2) is 0 Å². The van der Waals surface area contributed by atoms with Crippen LogP contribution in [0.2, 0.25) is 0 Å². The molecule has 0 N–H and O–H groups in total. The Morgan fingerprint density at radius 3 is 2.14 bits per heavy atom. The number of hydrogen-bond donors (Lipinski definition) is 0. The molecule has 0 aromatic carbocycles. The first-order valence-electron chi connectivity index (χ1n) is 1.97. The Morgan fingerprint density at radius 2 is 2.00 bits per heavy atom. The number of hydrogen-bond acceptors (Lipinski definition) is 0. The Bertz CT molecular complexity index is 35.9. The Balaban J connectivity index is 2.68. The van der Waals surface area contributed by atoms with E-state index in [2.05, 4.69) is 0 Å². The van der Waals surface area contributed by atoms with Gasteiger partial charge in [0, 0.05) is 6.42 Å². The molecule has 0 atom stereocenters. The smallest absolute Gasteiger partial charge is 0.238 e. The molecule has 0 spiro atoms. The summed E-state index contributed by atoms with van der Waals surface area (Å²) in [7, 11) is 0. The van der Waals surface area contributed by atoms with Gasteiger partial charge in [0.2, 0.25) is 6.43 Å². The van der Waals surface area contributed by atoms with Gasteiger partial charge < -0.3 is 0 Å². The van der Waals surface area contributed by atoms with Crippen LogP contribution in [0, 0.1) is 6.67 Å². The molecule has 0 saturated carbocycles. The van der Waals surface area contributed by atoms with Crippen molar-refractivity contribution < 1.29 is 13.2 Å². The van der Waals surface area contributed by atoms with Crippen LogP contribution < -0.4 is 0 Å². The van der Waals surface area contributed by atoms with Gasteiger partial charge in [-0.25, -0.2) is 13.2 Å². The normalized spacial score (nSPS) is 10.3. The van der Waals surface area contributed by atoms with Crippen LogP contribution in [-0.4, -0.2) is 6.43 Å². The zero-order valence-electron chi connectivity index (χ0n) is 3.70. The van der Waals surface area contributed by atoms with Crippen LogP contribution in [0.1, 0.15) is 12.8 Å². The molecule has 0 saturated heterocycles. The molecule has 0 unspecified atom stereocenters. The molecule has 0 fully saturated rings. The van der Waals surface area contributed by atoms with Gasteiger partial charge in [-0.05, 0) is 6.42 Å². The maximum absolute atomic E-state index is 11.0. The van der Waals surface area contributed by atoms with E-state index in [-0.39, 0.29) is 19.5 Å². The predicted octanol–water partition coefficient (Wildman–Crippen LogP) is 2.16. The number of rotatable bonds is 3. The quantitative estimate of drug-likeness (QED) is 0.523. The van der Waals surface area contributed by atoms with Gasteiger partial charge in [0.25, 0.3) is 0 Å². The molecule has 0 aromatic heterocycles. The molecule has 0 amide bonds. The molecular weight excluding hydrogens is 105 g/mol. The molecule has 0 aromatic rings. The lowest BCUT2D eigenvalue weighted by atomic mass is 10.3. The summed E-state index contributed by atoms with van der Waals surface area (Å²) in [4.78, 5) is 0. The average Bonchev–Trinajstić information content (AvgIpc) is 1.61. The van der Waals surface area contributed by atoms with Crippen LogP contribution >= 0.6 is 0 Å². The van der Waals surface area contributed by atoms with Gasteiger partial charge in [0.05, 0.1) is 0 Å². The predicted molar refractivity (Wildman–Crippen MR) is 20.6 cm³/mol. The van der Waals surface area contributed by atoms with E-state index in [1.165, 1.54) is 0 Å². The van der Waals surface area contributed by atoms with Gasteiger partial charge in [-0.3, -0.25) is 0 Å². The minimum absolute atomic E-state index is 0.141. The minimum atomic E-state index is -2.37. The third kappa shape index (κ3) is 5.79. The lowest BCUT2D eigenvalue weighted by Crippen LogP contribution is -1.87. The van der Waals surface area contributed by atoms with E-state index in [1.54, 1.807) is 0 Å². The molecule has 0 bridgehead atoms. The Hall–Kier alpha value is -0.210. The first-order valence-corrected chi connectivity index (χ1v) is 1.97. The number of halogens is 3. The summed E-state index contributed by atoms with van der Waals surface area (Å²) in [5, 5.41) is 0. The molecule has 0 nitrogen and oxygen atoms in total. The second kappa shape index (κ2) is 3.96. The van der Waals surface area contributed by atoms with E-state index >= 15 is 0 Å². The molecule has 0 rings (SSSR count). The lowest BCUT2D eigenvalue weighted by Gasteiger charge is -1.89. The molecule has 0 aliphatic carbocycles. The van der Waals surface area contributed by atoms with Gasteiger partial charge in [0.1, 0.15) is 6.67 Å². The first-order chi connectivity index (χ1) is 3.27. The highest BCUT2D eigenvalue weighted by Crippen LogP contribution is 2.03. The maximum atomic E-state index is 11.0. The summed E-state index contributed by atoms with van der Waals surface area (Å²) in [6.07, 6.45) is -2.87. The van der Waals surface area contributed by atoms with Crippen molar-refractivity contribution in [2.45, 2.75) is 19.3 Å². The summed E-state index contributed by atoms with van der Waals surface area (Å²) < 4.78 is 33.0. The largest absolute Gasteiger partial charge is 0.244 e. The van der Waals surface area contributed by atoms with Crippen molar-refractivity contribution >= 4 is 0 Å². The first kappa shape index (κ1) is 6.79. The third-order valence-corrected chi connectivity index (χ3v) is 0.494. The van der Waals surface area contributed by atoms with Crippen LogP contribution in [0.25, 0.3) is 0 Å². The van der Waals surface area contributed by atoms with Gasteiger partial charge >= 0.3 is 0 Å². The molecule has 3 heteroatoms.